The van der Waals surface area contributed by atoms with Gasteiger partial charge in [-0.25, -0.2) is 0 Å². The minimum absolute atomic E-state index is 0.0171. The van der Waals surface area contributed by atoms with Gasteiger partial charge in [0.25, 0.3) is 5.91 Å². The summed E-state index contributed by atoms with van der Waals surface area (Å²) < 4.78 is 0. The Morgan fingerprint density at radius 3 is 1.62 bits per heavy atom. The maximum absolute atomic E-state index is 14.5. The minimum atomic E-state index is -2.74. The van der Waals surface area contributed by atoms with Crippen molar-refractivity contribution in [3.8, 4) is 5.75 Å². The number of carbonyl (C=O) groups excluding carboxylic acids is 4. The van der Waals surface area contributed by atoms with E-state index in [1.807, 2.05) is 0 Å². The number of anilines is 2. The molecular formula is C58H75N4O8P. The second-order valence-electron chi connectivity index (χ2n) is 21.4. The van der Waals surface area contributed by atoms with Gasteiger partial charge in [0.1, 0.15) is 17.1 Å². The van der Waals surface area contributed by atoms with Gasteiger partial charge in [-0.3, -0.25) is 19.3 Å². The van der Waals surface area contributed by atoms with E-state index in [0.29, 0.717) is 17.7 Å². The first kappa shape index (κ1) is 53.0. The van der Waals surface area contributed by atoms with Gasteiger partial charge in [0, 0.05) is 31.3 Å². The molecule has 7 N–H and O–H groups in total. The topological polar surface area (TPSA) is 194 Å². The molecule has 0 aromatic heterocycles. The van der Waals surface area contributed by atoms with E-state index >= 15 is 0 Å². The van der Waals surface area contributed by atoms with E-state index < -0.39 is 71.1 Å². The third-order valence-corrected chi connectivity index (χ3v) is 20.2. The number of benzene rings is 4. The van der Waals surface area contributed by atoms with Crippen LogP contribution in [-0.2, 0) is 20.8 Å². The SMILES string of the molecule is Cc1cc(C)cc([PH](CCCCCCCCCCC(=O)Nc2cc(N(C)C)c3c(c2O)C(=O)C2=C(O)[C@]4(O)C(=O)C(C(N)=O)=C(O)[C@@H](N(C)C)[C@@H]4C[C@@H]2C3)(c2cc(C)cc(C)c2)c2cc(C)cc(C)c2)c1. The molecule has 380 valence electrons. The predicted molar refractivity (Wildman–Crippen MR) is 288 cm³/mol. The third kappa shape index (κ3) is 10.2. The molecule has 0 spiro atoms. The Morgan fingerprint density at radius 1 is 0.704 bits per heavy atom. The summed E-state index contributed by atoms with van der Waals surface area (Å²) in [6, 6.07) is 22.1. The standard InChI is InChI=1S/C58H75N4O8P/c1-33-21-34(2)25-40(24-33)71(41-26-35(3)22-36(4)27-41,42-28-37(5)23-38(6)29-42)20-18-16-14-12-11-13-15-17-19-47(63)60-45-32-46(61(7)8)43-30-39-31-44-51(62(9)10)54(66)50(57(59)69)56(68)58(44,70)55(67)48(39)53(65)49(43)52(45)64/h21-29,32,39,44,51,64,66-67,70-71H,11-20,30-31H2,1-10H3,(H2,59,69)(H,60,63)/t39-,44-,51-,58-/m0/s1. The Balaban J connectivity index is 0.980. The van der Waals surface area contributed by atoms with Crippen LogP contribution in [0.5, 0.6) is 5.75 Å². The second-order valence-corrected chi connectivity index (χ2v) is 25.5. The van der Waals surface area contributed by atoms with Crippen LogP contribution in [0.3, 0.4) is 0 Å². The number of aromatic hydroxyl groups is 1. The monoisotopic (exact) mass is 987 g/mol. The first-order chi connectivity index (χ1) is 33.5. The van der Waals surface area contributed by atoms with E-state index in [-0.39, 0.29) is 42.0 Å². The normalized spacial score (nSPS) is 20.2. The van der Waals surface area contributed by atoms with Crippen molar-refractivity contribution in [1.29, 1.82) is 0 Å². The number of amides is 2. The van der Waals surface area contributed by atoms with Crippen molar-refractivity contribution in [3.63, 3.8) is 0 Å². The number of unbranched alkanes of at least 4 members (excludes halogenated alkanes) is 7. The number of fused-ring (bicyclic) bond motifs is 3. The quantitative estimate of drug-likeness (QED) is 0.0245. The first-order valence-electron chi connectivity index (χ1n) is 25.3. The van der Waals surface area contributed by atoms with Crippen molar-refractivity contribution in [2.24, 2.45) is 17.6 Å². The molecule has 7 rings (SSSR count). The number of carbonyl (C=O) groups is 4. The Hall–Kier alpha value is -5.81. The second kappa shape index (κ2) is 21.1. The number of phenolic OH excluding ortho intramolecular Hbond substituents is 1. The number of hydrogen-bond donors (Lipinski definition) is 6. The summed E-state index contributed by atoms with van der Waals surface area (Å²) in [7, 11) is 4.32. The number of nitrogens with zero attached hydrogens (tertiary/aromatic N) is 2. The van der Waals surface area contributed by atoms with Crippen molar-refractivity contribution < 1.29 is 39.6 Å². The summed E-state index contributed by atoms with van der Waals surface area (Å²) in [6.45, 7) is 13.3. The molecule has 12 nitrogen and oxygen atoms in total. The fraction of sp³-hybridized carbons (Fsp3) is 0.448. The number of allylic oxidation sites excluding steroid dienone is 1. The Morgan fingerprint density at radius 2 is 1.17 bits per heavy atom. The molecule has 3 aliphatic carbocycles. The molecule has 13 heteroatoms. The average molecular weight is 987 g/mol. The zero-order valence-electron chi connectivity index (χ0n) is 43.4. The van der Waals surface area contributed by atoms with Crippen LogP contribution < -0.4 is 31.9 Å². The van der Waals surface area contributed by atoms with Crippen molar-refractivity contribution in [2.75, 3.05) is 44.6 Å². The summed E-state index contributed by atoms with van der Waals surface area (Å²) in [4.78, 5) is 57.3. The molecule has 4 atom stereocenters. The van der Waals surface area contributed by atoms with Gasteiger partial charge in [0.2, 0.25) is 5.78 Å². The third-order valence-electron chi connectivity index (χ3n) is 15.3. The Bertz CT molecular complexity index is 2660. The van der Waals surface area contributed by atoms with Gasteiger partial charge in [-0.05, 0) is 44.5 Å². The van der Waals surface area contributed by atoms with Crippen LogP contribution in [0.15, 0.2) is 83.3 Å². The zero-order chi connectivity index (χ0) is 51.9. The number of hydrogen-bond acceptors (Lipinski definition) is 10. The number of rotatable bonds is 18. The molecule has 0 aliphatic heterocycles. The van der Waals surface area contributed by atoms with Gasteiger partial charge in [-0.2, -0.15) is 0 Å². The zero-order valence-corrected chi connectivity index (χ0v) is 44.4. The van der Waals surface area contributed by atoms with E-state index in [9.17, 15) is 39.6 Å². The average Bonchev–Trinajstić information content (AvgIpc) is 3.26. The van der Waals surface area contributed by atoms with Gasteiger partial charge < -0.3 is 31.1 Å². The number of aliphatic hydroxyl groups is 3. The van der Waals surface area contributed by atoms with E-state index in [4.69, 9.17) is 5.73 Å². The number of ketones is 2. The van der Waals surface area contributed by atoms with Gasteiger partial charge in [0.05, 0.1) is 17.3 Å². The summed E-state index contributed by atoms with van der Waals surface area (Å²) in [5, 5.41) is 53.8. The molecule has 4 aromatic rings. The Labute approximate surface area is 420 Å². The van der Waals surface area contributed by atoms with Crippen LogP contribution in [0.1, 0.15) is 114 Å². The van der Waals surface area contributed by atoms with Crippen LogP contribution >= 0.6 is 7.26 Å². The molecule has 71 heavy (non-hydrogen) atoms. The van der Waals surface area contributed by atoms with Crippen molar-refractivity contribution >= 4 is 57.9 Å². The summed E-state index contributed by atoms with van der Waals surface area (Å²) in [5.41, 5.74) is 10.4. The summed E-state index contributed by atoms with van der Waals surface area (Å²) >= 11 is 0. The van der Waals surface area contributed by atoms with Crippen LogP contribution in [0.2, 0.25) is 0 Å². The van der Waals surface area contributed by atoms with Gasteiger partial charge >= 0.3 is 233 Å². The predicted octanol–water partition coefficient (Wildman–Crippen LogP) is 8.21. The maximum atomic E-state index is 14.5. The molecule has 3 aliphatic rings. The van der Waals surface area contributed by atoms with Crippen LogP contribution in [0.25, 0.3) is 0 Å². The number of aryl methyl sites for hydroxylation is 6. The fourth-order valence-electron chi connectivity index (χ4n) is 12.3. The molecule has 0 saturated heterocycles. The molecule has 0 fully saturated rings. The number of aliphatic hydroxyl groups excluding tert-OH is 2. The van der Waals surface area contributed by atoms with Gasteiger partial charge in [-0.15, -0.1) is 0 Å². The molecule has 0 heterocycles. The fourth-order valence-corrected chi connectivity index (χ4v) is 17.8. The van der Waals surface area contributed by atoms with Crippen molar-refractivity contribution in [3.05, 3.63) is 128 Å². The van der Waals surface area contributed by atoms with E-state index in [1.54, 1.807) is 39.2 Å². The van der Waals surface area contributed by atoms with Gasteiger partial charge in [-0.1, -0.05) is 0 Å². The van der Waals surface area contributed by atoms with E-state index in [1.165, 1.54) is 54.2 Å². The Kier molecular flexibility index (Phi) is 15.8. The van der Waals surface area contributed by atoms with Crippen molar-refractivity contribution in [1.82, 2.24) is 4.90 Å². The molecule has 0 bridgehead atoms. The number of Topliss-reactive ketones (excluding diaryl/α,β-unsaturated/α-hetero) is 2. The number of primary amides is 1. The molecule has 2 amide bonds. The summed E-state index contributed by atoms with van der Waals surface area (Å²) in [5.74, 6) is -7.58. The van der Waals surface area contributed by atoms with Crippen molar-refractivity contribution in [2.45, 2.75) is 124 Å². The van der Waals surface area contributed by atoms with Crippen LogP contribution in [-0.4, -0.2) is 94.7 Å². The molecule has 0 unspecified atom stereocenters. The molecular weight excluding hydrogens is 912 g/mol. The number of phenols is 1. The summed E-state index contributed by atoms with van der Waals surface area (Å²) in [6.07, 6.45) is 9.57. The number of nitrogens with two attached hydrogens (primary N) is 1. The molecule has 0 saturated carbocycles. The number of likely N-dealkylation sites (N-methyl/N-ethyl adjacent to an activating group) is 1. The van der Waals surface area contributed by atoms with E-state index in [0.717, 1.165) is 51.1 Å². The molecule has 0 radical (unpaired) electrons. The molecule has 4 aromatic carbocycles. The van der Waals surface area contributed by atoms with E-state index in [2.05, 4.69) is 101 Å². The van der Waals surface area contributed by atoms with Crippen LogP contribution in [0.4, 0.5) is 11.4 Å². The van der Waals surface area contributed by atoms with Crippen LogP contribution in [0, 0.1) is 53.4 Å². The first-order valence-corrected chi connectivity index (χ1v) is 27.5. The van der Waals surface area contributed by atoms with Gasteiger partial charge in [0.15, 0.2) is 17.1 Å². The number of nitrogens with one attached hydrogen (secondary N) is 1.